The Hall–Kier alpha value is -3.31. The van der Waals surface area contributed by atoms with Gasteiger partial charge >= 0.3 is 12.4 Å². The monoisotopic (exact) mass is 371 g/mol. The molecule has 138 valence electrons. The van der Waals surface area contributed by atoms with E-state index in [4.69, 9.17) is 0 Å². The van der Waals surface area contributed by atoms with Crippen molar-refractivity contribution in [1.82, 2.24) is 9.78 Å². The summed E-state index contributed by atoms with van der Waals surface area (Å²) >= 11 is 0. The third-order valence-electron chi connectivity index (χ3n) is 4.18. The predicted molar refractivity (Wildman–Crippen MR) is 92.3 cm³/mol. The number of hydrogen-bond donors (Lipinski definition) is 1. The number of carbonyl (C=O) groups is 1. The van der Waals surface area contributed by atoms with Gasteiger partial charge in [0.15, 0.2) is 0 Å². The van der Waals surface area contributed by atoms with Gasteiger partial charge < -0.3 is 9.84 Å². The Morgan fingerprint density at radius 2 is 2.15 bits per heavy atom. The van der Waals surface area contributed by atoms with Crippen LogP contribution < -0.4 is 4.74 Å². The van der Waals surface area contributed by atoms with Crippen molar-refractivity contribution in [2.75, 3.05) is 0 Å². The average molecular weight is 371 g/mol. The average Bonchev–Trinajstić information content (AvgIpc) is 3.00. The number of benzene rings is 2. The smallest absolute Gasteiger partial charge is 0.379 e. The van der Waals surface area contributed by atoms with Crippen LogP contribution in [0.2, 0.25) is 0 Å². The first kappa shape index (κ1) is 18.5. The molecular formula is C19H15F2N3O3. The van der Waals surface area contributed by atoms with E-state index in [-0.39, 0.29) is 18.9 Å². The number of carbonyl (C=O) groups excluding carboxylic acids is 1. The number of aromatic nitrogens is 2. The maximum absolute atomic E-state index is 12.4. The molecule has 0 radical (unpaired) electrons. The number of fused-ring (bicyclic) bond motifs is 1. The molecule has 0 spiro atoms. The molecule has 6 nitrogen and oxygen atoms in total. The van der Waals surface area contributed by atoms with Gasteiger partial charge in [-0.3, -0.25) is 4.68 Å². The Bertz CT molecular complexity index is 1050. The Labute approximate surface area is 153 Å². The zero-order chi connectivity index (χ0) is 19.6. The van der Waals surface area contributed by atoms with Gasteiger partial charge in [-0.15, -0.1) is 0 Å². The molecule has 3 aromatic rings. The fourth-order valence-electron chi connectivity index (χ4n) is 2.85. The number of halogens is 2. The Balaban J connectivity index is 2.07. The van der Waals surface area contributed by atoms with E-state index in [1.165, 1.54) is 12.1 Å². The van der Waals surface area contributed by atoms with Gasteiger partial charge in [-0.05, 0) is 36.2 Å². The van der Waals surface area contributed by atoms with Crippen molar-refractivity contribution in [3.63, 3.8) is 0 Å². The summed E-state index contributed by atoms with van der Waals surface area (Å²) in [7, 11) is 0. The van der Waals surface area contributed by atoms with Crippen molar-refractivity contribution in [2.45, 2.75) is 26.5 Å². The summed E-state index contributed by atoms with van der Waals surface area (Å²) in [5.74, 6) is -1.70. The summed E-state index contributed by atoms with van der Waals surface area (Å²) in [6, 6.07) is 11.8. The zero-order valence-electron chi connectivity index (χ0n) is 14.3. The number of aryl methyl sites for hydroxylation is 1. The Morgan fingerprint density at radius 3 is 2.81 bits per heavy atom. The van der Waals surface area contributed by atoms with Crippen LogP contribution in [0.4, 0.5) is 8.78 Å². The highest BCUT2D eigenvalue weighted by molar-refractivity contribution is 5.85. The first-order valence-corrected chi connectivity index (χ1v) is 8.03. The van der Waals surface area contributed by atoms with Gasteiger partial charge in [0, 0.05) is 11.5 Å². The van der Waals surface area contributed by atoms with Crippen LogP contribution in [-0.4, -0.2) is 27.3 Å². The molecule has 1 aromatic heterocycles. The summed E-state index contributed by atoms with van der Waals surface area (Å²) in [6.45, 7) is 1.78. The van der Waals surface area contributed by atoms with Gasteiger partial charge in [0.05, 0.1) is 36.0 Å². The molecule has 27 heavy (non-hydrogen) atoms. The van der Waals surface area contributed by atoms with E-state index in [2.05, 4.69) is 15.9 Å². The number of rotatable bonds is 5. The van der Waals surface area contributed by atoms with Crippen LogP contribution in [0.1, 0.15) is 22.4 Å². The van der Waals surface area contributed by atoms with Crippen LogP contribution in [-0.2, 0) is 17.9 Å². The maximum atomic E-state index is 12.4. The van der Waals surface area contributed by atoms with Crippen molar-refractivity contribution < 1.29 is 23.4 Å². The second kappa shape index (κ2) is 7.51. The fourth-order valence-corrected chi connectivity index (χ4v) is 2.85. The van der Waals surface area contributed by atoms with Crippen LogP contribution in [0.3, 0.4) is 0 Å². The van der Waals surface area contributed by atoms with Crippen molar-refractivity contribution in [2.24, 2.45) is 0 Å². The summed E-state index contributed by atoms with van der Waals surface area (Å²) < 4.78 is 31.1. The molecule has 0 unspecified atom stereocenters. The molecule has 0 atom stereocenters. The minimum atomic E-state index is -3.23. The number of alkyl halides is 2. The Morgan fingerprint density at radius 1 is 1.37 bits per heavy atom. The van der Waals surface area contributed by atoms with E-state index in [9.17, 15) is 23.9 Å². The SMILES string of the molecule is Cc1cccc(C#N)c1Cn1nc(CO)c2ccc(OC(=O)C(F)F)cc21. The van der Waals surface area contributed by atoms with E-state index in [1.807, 2.05) is 13.0 Å². The van der Waals surface area contributed by atoms with Gasteiger partial charge in [-0.1, -0.05) is 12.1 Å². The zero-order valence-corrected chi connectivity index (χ0v) is 14.3. The highest BCUT2D eigenvalue weighted by atomic mass is 19.3. The first-order valence-electron chi connectivity index (χ1n) is 8.03. The van der Waals surface area contributed by atoms with E-state index in [0.717, 1.165) is 11.1 Å². The van der Waals surface area contributed by atoms with Gasteiger partial charge in [0.2, 0.25) is 0 Å². The third kappa shape index (κ3) is 3.64. The molecule has 0 fully saturated rings. The lowest BCUT2D eigenvalue weighted by Crippen LogP contribution is -2.17. The second-order valence-electron chi connectivity index (χ2n) is 5.88. The second-order valence-corrected chi connectivity index (χ2v) is 5.88. The topological polar surface area (TPSA) is 88.1 Å². The van der Waals surface area contributed by atoms with Crippen molar-refractivity contribution in [3.8, 4) is 11.8 Å². The third-order valence-corrected chi connectivity index (χ3v) is 4.18. The molecule has 0 saturated heterocycles. The summed E-state index contributed by atoms with van der Waals surface area (Å²) in [4.78, 5) is 11.1. The normalized spacial score (nSPS) is 11.0. The van der Waals surface area contributed by atoms with E-state index in [0.29, 0.717) is 22.2 Å². The minimum Gasteiger partial charge on any atom is -0.422 e. The standard InChI is InChI=1S/C19H15F2N3O3/c1-11-3-2-4-12(8-22)15(11)9-24-17-7-13(27-19(26)18(20)21)5-6-14(17)16(10-25)23-24/h2-7,18,25H,9-10H2,1H3. The van der Waals surface area contributed by atoms with Crippen LogP contribution >= 0.6 is 0 Å². The molecule has 2 aromatic carbocycles. The molecule has 0 aliphatic heterocycles. The lowest BCUT2D eigenvalue weighted by Gasteiger charge is -2.10. The van der Waals surface area contributed by atoms with Gasteiger partial charge in [0.1, 0.15) is 5.75 Å². The van der Waals surface area contributed by atoms with Crippen LogP contribution in [0.5, 0.6) is 5.75 Å². The molecule has 3 rings (SSSR count). The number of ether oxygens (including phenoxy) is 1. The molecule has 8 heteroatoms. The first-order chi connectivity index (χ1) is 12.9. The summed E-state index contributed by atoms with van der Waals surface area (Å²) in [5, 5.41) is 23.8. The number of esters is 1. The van der Waals surface area contributed by atoms with Crippen molar-refractivity contribution in [1.29, 1.82) is 5.26 Å². The van der Waals surface area contributed by atoms with Gasteiger partial charge in [-0.2, -0.15) is 19.1 Å². The number of nitriles is 1. The van der Waals surface area contributed by atoms with Crippen LogP contribution in [0.15, 0.2) is 36.4 Å². The van der Waals surface area contributed by atoms with E-state index >= 15 is 0 Å². The molecule has 0 saturated carbocycles. The molecular weight excluding hydrogens is 356 g/mol. The van der Waals surface area contributed by atoms with Crippen LogP contribution in [0, 0.1) is 18.3 Å². The quantitative estimate of drug-likeness (QED) is 0.550. The van der Waals surface area contributed by atoms with Crippen molar-refractivity contribution >= 4 is 16.9 Å². The van der Waals surface area contributed by atoms with E-state index < -0.39 is 12.4 Å². The number of hydrogen-bond acceptors (Lipinski definition) is 5. The van der Waals surface area contributed by atoms with Crippen molar-refractivity contribution in [3.05, 3.63) is 58.8 Å². The summed E-state index contributed by atoms with van der Waals surface area (Å²) in [6.07, 6.45) is -3.23. The number of aliphatic hydroxyl groups is 1. The minimum absolute atomic E-state index is 0.0521. The molecule has 0 aliphatic carbocycles. The van der Waals surface area contributed by atoms with Gasteiger partial charge in [-0.25, -0.2) is 4.79 Å². The number of aliphatic hydroxyl groups excluding tert-OH is 1. The molecule has 1 heterocycles. The lowest BCUT2D eigenvalue weighted by atomic mass is 10.0. The molecule has 0 amide bonds. The summed E-state index contributed by atoms with van der Waals surface area (Å²) in [5.41, 5.74) is 3.02. The van der Waals surface area contributed by atoms with E-state index in [1.54, 1.807) is 22.9 Å². The maximum Gasteiger partial charge on any atom is 0.379 e. The van der Waals surface area contributed by atoms with Crippen LogP contribution in [0.25, 0.3) is 10.9 Å². The number of nitrogens with zero attached hydrogens (tertiary/aromatic N) is 3. The van der Waals surface area contributed by atoms with Gasteiger partial charge in [0.25, 0.3) is 0 Å². The lowest BCUT2D eigenvalue weighted by molar-refractivity contribution is -0.146. The molecule has 0 aliphatic rings. The molecule has 0 bridgehead atoms. The Kier molecular flexibility index (Phi) is 5.14. The fraction of sp³-hybridized carbons (Fsp3) is 0.211. The predicted octanol–water partition coefficient (Wildman–Crippen LogP) is 2.93. The molecule has 1 N–H and O–H groups in total. The highest BCUT2D eigenvalue weighted by Crippen LogP contribution is 2.26. The largest absolute Gasteiger partial charge is 0.422 e. The highest BCUT2D eigenvalue weighted by Gasteiger charge is 2.19.